The van der Waals surface area contributed by atoms with Crippen LogP contribution in [0.5, 0.6) is 5.75 Å². The van der Waals surface area contributed by atoms with E-state index in [1.54, 1.807) is 44.6 Å². The molecule has 6 N–H and O–H groups in total. The van der Waals surface area contributed by atoms with Gasteiger partial charge in [-0.2, -0.15) is 0 Å². The number of aromatic amines is 1. The van der Waals surface area contributed by atoms with Crippen LogP contribution in [0.1, 0.15) is 51.8 Å². The van der Waals surface area contributed by atoms with Crippen LogP contribution in [0.15, 0.2) is 58.3 Å². The lowest BCUT2D eigenvalue weighted by Crippen LogP contribution is -2.70. The predicted octanol–water partition coefficient (Wildman–Crippen LogP) is 3.24. The van der Waals surface area contributed by atoms with Crippen LogP contribution in [0.2, 0.25) is 0 Å². The molecule has 11 atom stereocenters. The number of ketones is 2. The first-order chi connectivity index (χ1) is 32.1. The van der Waals surface area contributed by atoms with E-state index in [1.165, 1.54) is 19.1 Å². The molecule has 19 heteroatoms. The van der Waals surface area contributed by atoms with Crippen molar-refractivity contribution in [3.63, 3.8) is 0 Å². The van der Waals surface area contributed by atoms with Crippen LogP contribution < -0.4 is 10.6 Å². The number of nitrogens with one attached hydrogen (secondary N) is 3. The zero-order valence-corrected chi connectivity index (χ0v) is 39.9. The molecule has 2 aromatic rings. The monoisotopic (exact) mass is 960 g/mol. The Morgan fingerprint density at radius 1 is 1.15 bits per heavy atom. The number of hydrogen-bond acceptors (Lipinski definition) is 17. The molecule has 17 nitrogen and oxygen atoms in total. The number of phenolic OH excluding ortho intramolecular Hbond substituents is 1. The quantitative estimate of drug-likeness (QED) is 0.125. The van der Waals surface area contributed by atoms with Crippen molar-refractivity contribution in [2.75, 3.05) is 39.4 Å². The average Bonchev–Trinajstić information content (AvgIpc) is 3.67. The number of rotatable bonds is 13. The Labute approximate surface area is 397 Å². The molecule has 67 heavy (non-hydrogen) atoms. The van der Waals surface area contributed by atoms with Gasteiger partial charge in [-0.3, -0.25) is 24.7 Å². The number of hydrogen-bond donors (Lipinski definition) is 6. The number of aliphatic imine (C=N–C) groups is 1. The molecule has 358 valence electrons. The van der Waals surface area contributed by atoms with E-state index in [2.05, 4.69) is 39.3 Å². The molecule has 2 aliphatic carbocycles. The number of aliphatic hydroxyl groups excluding tert-OH is 2. The zero-order valence-electron chi connectivity index (χ0n) is 38.2. The van der Waals surface area contributed by atoms with Gasteiger partial charge in [-0.15, -0.1) is 11.8 Å². The van der Waals surface area contributed by atoms with Crippen LogP contribution >= 0.6 is 23.5 Å². The number of aliphatic hydroxyl groups is 2. The Kier molecular flexibility index (Phi) is 16.2. The lowest BCUT2D eigenvalue weighted by molar-refractivity contribution is -0.326. The summed E-state index contributed by atoms with van der Waals surface area (Å²) in [5, 5.41) is 41.6. The first kappa shape index (κ1) is 50.1. The van der Waals surface area contributed by atoms with Crippen molar-refractivity contribution in [2.24, 2.45) is 10.9 Å². The largest absolute Gasteiger partial charge is 0.508 e. The molecular weight excluding hydrogens is 905 g/mol. The summed E-state index contributed by atoms with van der Waals surface area (Å²) in [5.74, 6) is 9.63. The van der Waals surface area contributed by atoms with E-state index in [0.29, 0.717) is 17.6 Å². The van der Waals surface area contributed by atoms with E-state index in [4.69, 9.17) is 33.4 Å². The number of amides is 1. The number of H-pyrrole nitrogens is 1. The van der Waals surface area contributed by atoms with Gasteiger partial charge in [0, 0.05) is 61.7 Å². The summed E-state index contributed by atoms with van der Waals surface area (Å²) in [5.41, 5.74) is 2.08. The minimum atomic E-state index is -1.77. The van der Waals surface area contributed by atoms with Gasteiger partial charge in [-0.1, -0.05) is 55.4 Å². The first-order valence-electron chi connectivity index (χ1n) is 22.0. The van der Waals surface area contributed by atoms with Crippen molar-refractivity contribution in [3.05, 3.63) is 64.5 Å². The zero-order chi connectivity index (χ0) is 48.2. The molecule has 0 spiro atoms. The fraction of sp³-hybridized carbons (Fsp3) is 0.521. The standard InChI is InChI=1S/C48H56N4O13S2/c1-24(2)50-33-23-62-38(22-37(33)60-5)65-43-45(58)48(66-7,44(57)42-41-28(16-18-49-42)31-20-27(54)14-15-32(31)51-41)25(3)63-46(43)64-36-13-11-9-8-10-12-30-39(36)29(17-19-67-26(4)53)34(55)21-35(56)40(30)52-47(59)61-6/h8-9,14-15,17,20,24-25,33-34,36-39,43,45-46,50-51,54-55,58H,16,18-19,21-23H2,1-7H3,(H,52,59)/b9-8-,29-17-/t25?,33?,34-,36-,37?,38?,39?,43?,45?,46?,48?/m0/s1. The fourth-order valence-corrected chi connectivity index (χ4v) is 10.8. The summed E-state index contributed by atoms with van der Waals surface area (Å²) in [4.78, 5) is 62.1. The highest BCUT2D eigenvalue weighted by Crippen LogP contribution is 2.46. The molecule has 1 amide bonds. The number of carbonyl (C=O) groups is 4. The smallest absolute Gasteiger partial charge is 0.411 e. The van der Waals surface area contributed by atoms with Gasteiger partial charge >= 0.3 is 6.09 Å². The highest BCUT2D eigenvalue weighted by Gasteiger charge is 2.62. The number of fused-ring (bicyclic) bond motifs is 4. The maximum atomic E-state index is 15.4. The molecule has 7 rings (SSSR count). The van der Waals surface area contributed by atoms with Crippen LogP contribution in [0.4, 0.5) is 4.79 Å². The van der Waals surface area contributed by atoms with Gasteiger partial charge in [0.15, 0.2) is 23.5 Å². The van der Waals surface area contributed by atoms with Crippen LogP contribution in [0.3, 0.4) is 0 Å². The molecule has 2 saturated heterocycles. The van der Waals surface area contributed by atoms with E-state index < -0.39 is 77.8 Å². The van der Waals surface area contributed by atoms with Gasteiger partial charge in [0.1, 0.15) is 34.5 Å². The third-order valence-electron chi connectivity index (χ3n) is 12.4. The molecule has 4 heterocycles. The third-order valence-corrected chi connectivity index (χ3v) is 14.6. The van der Waals surface area contributed by atoms with Crippen LogP contribution in [-0.2, 0) is 49.2 Å². The molecule has 0 saturated carbocycles. The Balaban J connectivity index is 1.33. The lowest BCUT2D eigenvalue weighted by Gasteiger charge is -2.51. The van der Waals surface area contributed by atoms with Gasteiger partial charge in [0.25, 0.3) is 0 Å². The number of phenols is 1. The summed E-state index contributed by atoms with van der Waals surface area (Å²) >= 11 is 2.05. The van der Waals surface area contributed by atoms with Crippen molar-refractivity contribution in [1.29, 1.82) is 0 Å². The minimum absolute atomic E-state index is 0.0346. The molecule has 5 aliphatic rings. The highest BCUT2D eigenvalue weighted by molar-refractivity contribution is 8.13. The molecule has 0 radical (unpaired) electrons. The number of carbonyl (C=O) groups excluding carboxylic acids is 4. The normalized spacial score (nSPS) is 31.7. The Bertz CT molecular complexity index is 2510. The number of aromatic nitrogens is 1. The van der Waals surface area contributed by atoms with Crippen molar-refractivity contribution < 1.29 is 62.9 Å². The second-order valence-electron chi connectivity index (χ2n) is 16.9. The number of thioether (sulfide) groups is 2. The van der Waals surface area contributed by atoms with E-state index >= 15 is 4.79 Å². The SMILES string of the molecule is COC(=O)NC1=C2C#C/C=C\C#C[C@H](OC3OC(C)C(SC)(C(=O)C4=NCCc5c4[nH]c4ccc(O)cc54)C(O)C3OC3CC(OC)C(NC(C)C)CO3)C2/C(=C\CSC(C)=O)[C@@H](O)CC1=O. The lowest BCUT2D eigenvalue weighted by atomic mass is 9.81. The number of allylic oxidation sites excluding steroid dienone is 3. The molecule has 1 aromatic carbocycles. The van der Waals surface area contributed by atoms with E-state index in [0.717, 1.165) is 41.6 Å². The Hall–Kier alpha value is -4.77. The summed E-state index contributed by atoms with van der Waals surface area (Å²) in [6.45, 7) is 7.51. The highest BCUT2D eigenvalue weighted by atomic mass is 32.2. The van der Waals surface area contributed by atoms with Crippen LogP contribution in [0.25, 0.3) is 10.9 Å². The number of benzene rings is 1. The van der Waals surface area contributed by atoms with Gasteiger partial charge < -0.3 is 54.0 Å². The van der Waals surface area contributed by atoms with Crippen LogP contribution in [-0.4, -0.2) is 154 Å². The molecule has 0 bridgehead atoms. The second kappa shape index (κ2) is 21.7. The number of Topliss-reactive ketones (excluding diaryl/α,β-unsaturated/α-hetero) is 2. The molecule has 1 aromatic heterocycles. The van der Waals surface area contributed by atoms with Crippen molar-refractivity contribution in [3.8, 4) is 29.4 Å². The van der Waals surface area contributed by atoms with E-state index in [-0.39, 0.29) is 76.9 Å². The Morgan fingerprint density at radius 2 is 1.93 bits per heavy atom. The minimum Gasteiger partial charge on any atom is -0.508 e. The Morgan fingerprint density at radius 3 is 2.64 bits per heavy atom. The van der Waals surface area contributed by atoms with Gasteiger partial charge in [0.05, 0.1) is 55.4 Å². The summed E-state index contributed by atoms with van der Waals surface area (Å²) < 4.78 is 35.7. The third kappa shape index (κ3) is 10.5. The molecule has 9 unspecified atom stereocenters. The molecular formula is C48H56N4O13S2. The van der Waals surface area contributed by atoms with Gasteiger partial charge in [-0.05, 0) is 61.1 Å². The summed E-state index contributed by atoms with van der Waals surface area (Å²) in [6.07, 6.45) is -4.47. The number of ether oxygens (including phenoxy) is 6. The van der Waals surface area contributed by atoms with Crippen molar-refractivity contribution in [1.82, 2.24) is 15.6 Å². The average molecular weight is 961 g/mol. The second-order valence-corrected chi connectivity index (χ2v) is 19.2. The first-order valence-corrected chi connectivity index (χ1v) is 24.2. The maximum Gasteiger partial charge on any atom is 0.411 e. The van der Waals surface area contributed by atoms with E-state index in [9.17, 15) is 29.7 Å². The van der Waals surface area contributed by atoms with Crippen molar-refractivity contribution >= 4 is 62.9 Å². The van der Waals surface area contributed by atoms with Crippen molar-refractivity contribution in [2.45, 2.75) is 113 Å². The summed E-state index contributed by atoms with van der Waals surface area (Å²) in [7, 11) is 2.72. The predicted molar refractivity (Wildman–Crippen MR) is 251 cm³/mol. The number of alkyl carbamates (subject to hydrolysis) is 1. The van der Waals surface area contributed by atoms with Gasteiger partial charge in [0.2, 0.25) is 5.78 Å². The van der Waals surface area contributed by atoms with Gasteiger partial charge in [-0.25, -0.2) is 4.79 Å². The molecule has 3 aliphatic heterocycles. The summed E-state index contributed by atoms with van der Waals surface area (Å²) in [6, 6.07) is 4.84. The molecule has 2 fully saturated rings. The number of methoxy groups -OCH3 is 2. The topological polar surface area (TPSA) is 237 Å². The van der Waals surface area contributed by atoms with Crippen LogP contribution in [0, 0.1) is 29.6 Å². The fourth-order valence-electron chi connectivity index (χ4n) is 9.26. The van der Waals surface area contributed by atoms with E-state index in [1.807, 2.05) is 13.8 Å². The number of nitrogens with zero attached hydrogens (tertiary/aromatic N) is 1. The maximum absolute atomic E-state index is 15.4. The number of aromatic hydroxyl groups is 1.